The molecule has 176 valence electrons. The van der Waals surface area contributed by atoms with Crippen LogP contribution in [0.5, 0.6) is 11.5 Å². The standard InChI is InChI=1S/C24H25ClN6O3/c1-14-23(33-4)15(2)30(26-14)17-10-11-22(20(25)12-17)34-13-19-18(16-8-9-16)6-5-7-21(19)31-24(32)29(3)27-28-31/h5-7,10-12,16H,8-9,13H2,1-4H3. The minimum absolute atomic E-state index is 0.248. The minimum Gasteiger partial charge on any atom is -0.493 e. The lowest BCUT2D eigenvalue weighted by Crippen LogP contribution is -2.23. The summed E-state index contributed by atoms with van der Waals surface area (Å²) in [5.74, 6) is 1.76. The third kappa shape index (κ3) is 3.86. The highest BCUT2D eigenvalue weighted by Crippen LogP contribution is 2.43. The molecule has 2 aromatic carbocycles. The number of nitrogens with zero attached hydrogens (tertiary/aromatic N) is 6. The van der Waals surface area contributed by atoms with Crippen LogP contribution in [0.25, 0.3) is 11.4 Å². The van der Waals surface area contributed by atoms with Gasteiger partial charge in [0.1, 0.15) is 18.1 Å². The average molecular weight is 481 g/mol. The fourth-order valence-electron chi connectivity index (χ4n) is 4.25. The summed E-state index contributed by atoms with van der Waals surface area (Å²) in [5.41, 5.74) is 4.95. The van der Waals surface area contributed by atoms with E-state index in [2.05, 4.69) is 21.6 Å². The molecule has 0 spiro atoms. The monoisotopic (exact) mass is 480 g/mol. The molecule has 0 radical (unpaired) electrons. The molecule has 0 amide bonds. The van der Waals surface area contributed by atoms with E-state index in [1.807, 2.05) is 44.2 Å². The van der Waals surface area contributed by atoms with Crippen molar-refractivity contribution in [1.82, 2.24) is 29.6 Å². The Balaban J connectivity index is 1.46. The summed E-state index contributed by atoms with van der Waals surface area (Å²) in [6, 6.07) is 11.4. The van der Waals surface area contributed by atoms with Gasteiger partial charge in [0.15, 0.2) is 5.75 Å². The summed E-state index contributed by atoms with van der Waals surface area (Å²) >= 11 is 6.60. The molecule has 0 N–H and O–H groups in total. The summed E-state index contributed by atoms with van der Waals surface area (Å²) in [7, 11) is 3.21. The maximum absolute atomic E-state index is 12.5. The number of methoxy groups -OCH3 is 1. The zero-order chi connectivity index (χ0) is 24.0. The molecule has 0 saturated heterocycles. The van der Waals surface area contributed by atoms with Crippen LogP contribution in [-0.2, 0) is 13.7 Å². The summed E-state index contributed by atoms with van der Waals surface area (Å²) in [6.45, 7) is 4.10. The molecule has 1 saturated carbocycles. The average Bonchev–Trinajstić information content (AvgIpc) is 3.56. The van der Waals surface area contributed by atoms with E-state index in [9.17, 15) is 4.79 Å². The zero-order valence-corrected chi connectivity index (χ0v) is 20.2. The van der Waals surface area contributed by atoms with Gasteiger partial charge in [-0.1, -0.05) is 23.7 Å². The Labute approximate surface area is 201 Å². The lowest BCUT2D eigenvalue weighted by molar-refractivity contribution is 0.304. The van der Waals surface area contributed by atoms with Crippen molar-refractivity contribution in [1.29, 1.82) is 0 Å². The lowest BCUT2D eigenvalue weighted by Gasteiger charge is -2.16. The molecule has 2 heterocycles. The van der Waals surface area contributed by atoms with Gasteiger partial charge in [0.05, 0.1) is 29.2 Å². The summed E-state index contributed by atoms with van der Waals surface area (Å²) < 4.78 is 15.9. The van der Waals surface area contributed by atoms with Gasteiger partial charge < -0.3 is 9.47 Å². The Morgan fingerprint density at radius 2 is 1.91 bits per heavy atom. The van der Waals surface area contributed by atoms with Crippen molar-refractivity contribution in [3.05, 3.63) is 74.4 Å². The molecule has 5 rings (SSSR count). The van der Waals surface area contributed by atoms with Gasteiger partial charge in [0.25, 0.3) is 0 Å². The van der Waals surface area contributed by atoms with Crippen LogP contribution in [0.1, 0.15) is 41.3 Å². The van der Waals surface area contributed by atoms with Crippen molar-refractivity contribution < 1.29 is 9.47 Å². The highest BCUT2D eigenvalue weighted by Gasteiger charge is 2.28. The van der Waals surface area contributed by atoms with Crippen LogP contribution in [0.3, 0.4) is 0 Å². The number of halogens is 1. The largest absolute Gasteiger partial charge is 0.493 e. The van der Waals surface area contributed by atoms with Crippen LogP contribution in [0, 0.1) is 13.8 Å². The van der Waals surface area contributed by atoms with Gasteiger partial charge in [-0.05, 0) is 72.9 Å². The molecule has 34 heavy (non-hydrogen) atoms. The zero-order valence-electron chi connectivity index (χ0n) is 19.4. The molecule has 4 aromatic rings. The Bertz CT molecular complexity index is 1430. The van der Waals surface area contributed by atoms with Gasteiger partial charge in [0.2, 0.25) is 0 Å². The predicted molar refractivity (Wildman–Crippen MR) is 128 cm³/mol. The maximum atomic E-state index is 12.5. The molecule has 1 fully saturated rings. The number of tetrazole rings is 1. The molecule has 0 atom stereocenters. The number of aromatic nitrogens is 6. The first-order chi connectivity index (χ1) is 16.4. The number of benzene rings is 2. The van der Waals surface area contributed by atoms with Crippen molar-refractivity contribution in [2.24, 2.45) is 7.05 Å². The second-order valence-electron chi connectivity index (χ2n) is 8.44. The first kappa shape index (κ1) is 22.2. The van der Waals surface area contributed by atoms with E-state index in [4.69, 9.17) is 21.1 Å². The summed E-state index contributed by atoms with van der Waals surface area (Å²) in [4.78, 5) is 12.5. The Kier molecular flexibility index (Phi) is 5.65. The number of hydrogen-bond donors (Lipinski definition) is 0. The van der Waals surface area contributed by atoms with E-state index in [0.717, 1.165) is 46.8 Å². The molecule has 1 aliphatic carbocycles. The van der Waals surface area contributed by atoms with E-state index < -0.39 is 0 Å². The van der Waals surface area contributed by atoms with Crippen LogP contribution >= 0.6 is 11.6 Å². The molecular formula is C24H25ClN6O3. The molecule has 2 aromatic heterocycles. The lowest BCUT2D eigenvalue weighted by atomic mass is 10.0. The van der Waals surface area contributed by atoms with Gasteiger partial charge in [0, 0.05) is 12.6 Å². The van der Waals surface area contributed by atoms with Gasteiger partial charge in [-0.15, -0.1) is 0 Å². The van der Waals surface area contributed by atoms with Crippen molar-refractivity contribution in [3.8, 4) is 22.9 Å². The van der Waals surface area contributed by atoms with Crippen LogP contribution < -0.4 is 15.2 Å². The number of hydrogen-bond acceptors (Lipinski definition) is 6. The van der Waals surface area contributed by atoms with Crippen molar-refractivity contribution in [2.45, 2.75) is 39.2 Å². The molecule has 0 bridgehead atoms. The van der Waals surface area contributed by atoms with Crippen molar-refractivity contribution >= 4 is 11.6 Å². The molecule has 1 aliphatic rings. The summed E-state index contributed by atoms with van der Waals surface area (Å²) in [5, 5.41) is 12.9. The first-order valence-electron chi connectivity index (χ1n) is 11.0. The second-order valence-corrected chi connectivity index (χ2v) is 8.84. The molecular weight excluding hydrogens is 456 g/mol. The van der Waals surface area contributed by atoms with Crippen molar-refractivity contribution in [2.75, 3.05) is 7.11 Å². The highest BCUT2D eigenvalue weighted by molar-refractivity contribution is 6.32. The molecule has 0 unspecified atom stereocenters. The third-order valence-electron chi connectivity index (χ3n) is 6.12. The highest BCUT2D eigenvalue weighted by atomic mass is 35.5. The maximum Gasteiger partial charge on any atom is 0.368 e. The third-order valence-corrected chi connectivity index (χ3v) is 6.41. The summed E-state index contributed by atoms with van der Waals surface area (Å²) in [6.07, 6.45) is 2.24. The van der Waals surface area contributed by atoms with Crippen LogP contribution in [-0.4, -0.2) is 36.7 Å². The van der Waals surface area contributed by atoms with E-state index >= 15 is 0 Å². The van der Waals surface area contributed by atoms with E-state index in [1.54, 1.807) is 18.8 Å². The first-order valence-corrected chi connectivity index (χ1v) is 11.4. The molecule has 10 heteroatoms. The Hall–Kier alpha value is -3.59. The molecule has 0 aliphatic heterocycles. The van der Waals surface area contributed by atoms with Gasteiger partial charge in [-0.2, -0.15) is 14.5 Å². The van der Waals surface area contributed by atoms with E-state index in [1.165, 1.54) is 9.36 Å². The number of aryl methyl sites for hydroxylation is 2. The Morgan fingerprint density at radius 1 is 1.12 bits per heavy atom. The fourth-order valence-corrected chi connectivity index (χ4v) is 4.48. The van der Waals surface area contributed by atoms with Gasteiger partial charge >= 0.3 is 5.69 Å². The Morgan fingerprint density at radius 3 is 2.53 bits per heavy atom. The van der Waals surface area contributed by atoms with E-state index in [-0.39, 0.29) is 12.3 Å². The smallest absolute Gasteiger partial charge is 0.368 e. The van der Waals surface area contributed by atoms with Crippen LogP contribution in [0.2, 0.25) is 5.02 Å². The quantitative estimate of drug-likeness (QED) is 0.398. The van der Waals surface area contributed by atoms with Crippen LogP contribution in [0.4, 0.5) is 0 Å². The number of rotatable bonds is 7. The van der Waals surface area contributed by atoms with Crippen molar-refractivity contribution in [3.63, 3.8) is 0 Å². The SMILES string of the molecule is COc1c(C)nn(-c2ccc(OCc3c(C4CC4)cccc3-n3nnn(C)c3=O)c(Cl)c2)c1C. The van der Waals surface area contributed by atoms with Gasteiger partial charge in [-0.25, -0.2) is 9.48 Å². The topological polar surface area (TPSA) is 89.0 Å². The second kappa shape index (κ2) is 8.64. The van der Waals surface area contributed by atoms with E-state index in [0.29, 0.717) is 22.4 Å². The molecule has 9 nitrogen and oxygen atoms in total. The predicted octanol–water partition coefficient (Wildman–Crippen LogP) is 3.89. The van der Waals surface area contributed by atoms with Crippen LogP contribution in [0.15, 0.2) is 41.2 Å². The van der Waals surface area contributed by atoms with Gasteiger partial charge in [-0.3, -0.25) is 0 Å². The number of ether oxygens (including phenoxy) is 2. The minimum atomic E-state index is -0.308. The fraction of sp³-hybridized carbons (Fsp3) is 0.333. The normalized spacial score (nSPS) is 13.3.